The summed E-state index contributed by atoms with van der Waals surface area (Å²) >= 11 is 0. The molecule has 1 fully saturated rings. The van der Waals surface area contributed by atoms with Gasteiger partial charge in [0.2, 0.25) is 5.89 Å². The average molecular weight is 226 g/mol. The van der Waals surface area contributed by atoms with Crippen molar-refractivity contribution in [2.24, 2.45) is 0 Å². The summed E-state index contributed by atoms with van der Waals surface area (Å²) in [6.07, 6.45) is 4.61. The molecule has 1 aromatic rings. The van der Waals surface area contributed by atoms with Gasteiger partial charge in [-0.1, -0.05) is 18.0 Å². The van der Waals surface area contributed by atoms with Gasteiger partial charge < -0.3 is 14.4 Å². The fraction of sp³-hybridized carbons (Fsp3) is 0.818. The second-order valence-corrected chi connectivity index (χ2v) is 4.34. The molecule has 1 aliphatic rings. The Labute approximate surface area is 94.8 Å². The van der Waals surface area contributed by atoms with Gasteiger partial charge in [-0.15, -0.1) is 0 Å². The van der Waals surface area contributed by atoms with Crippen molar-refractivity contribution in [3.8, 4) is 0 Å². The van der Waals surface area contributed by atoms with Crippen LogP contribution in [0, 0.1) is 0 Å². The van der Waals surface area contributed by atoms with Crippen molar-refractivity contribution in [1.82, 2.24) is 10.1 Å². The van der Waals surface area contributed by atoms with E-state index in [4.69, 9.17) is 9.26 Å². The van der Waals surface area contributed by atoms with Crippen LogP contribution in [0.15, 0.2) is 4.52 Å². The Morgan fingerprint density at radius 1 is 1.50 bits per heavy atom. The van der Waals surface area contributed by atoms with E-state index in [9.17, 15) is 5.11 Å². The lowest BCUT2D eigenvalue weighted by Gasteiger charge is -2.04. The summed E-state index contributed by atoms with van der Waals surface area (Å²) in [5, 5.41) is 13.5. The molecule has 1 aliphatic carbocycles. The Bertz CT molecular complexity index is 321. The van der Waals surface area contributed by atoms with Gasteiger partial charge in [-0.2, -0.15) is 4.98 Å². The number of aliphatic hydroxyl groups excluding tert-OH is 1. The van der Waals surface area contributed by atoms with Crippen LogP contribution in [0.5, 0.6) is 0 Å². The molecule has 0 radical (unpaired) electrons. The number of aliphatic hydroxyl groups is 1. The summed E-state index contributed by atoms with van der Waals surface area (Å²) in [7, 11) is 1.56. The molecule has 5 nitrogen and oxygen atoms in total. The Balaban J connectivity index is 1.91. The quantitative estimate of drug-likeness (QED) is 0.819. The summed E-state index contributed by atoms with van der Waals surface area (Å²) < 4.78 is 9.96. The van der Waals surface area contributed by atoms with Gasteiger partial charge in [-0.05, 0) is 12.8 Å². The van der Waals surface area contributed by atoms with Crippen molar-refractivity contribution in [3.05, 3.63) is 11.7 Å². The monoisotopic (exact) mass is 226 g/mol. The lowest BCUT2D eigenvalue weighted by molar-refractivity contribution is 0.0599. The van der Waals surface area contributed by atoms with Gasteiger partial charge in [0.05, 0.1) is 19.1 Å². The number of methoxy groups -OCH3 is 1. The minimum atomic E-state index is -0.568. The maximum atomic E-state index is 9.52. The van der Waals surface area contributed by atoms with Crippen LogP contribution in [0.25, 0.3) is 0 Å². The summed E-state index contributed by atoms with van der Waals surface area (Å²) in [5.74, 6) is 1.76. The molecule has 1 unspecified atom stereocenters. The molecule has 1 heterocycles. The molecular weight excluding hydrogens is 208 g/mol. The number of aromatic nitrogens is 2. The summed E-state index contributed by atoms with van der Waals surface area (Å²) in [4.78, 5) is 4.32. The van der Waals surface area contributed by atoms with Gasteiger partial charge in [0.1, 0.15) is 0 Å². The molecule has 0 spiro atoms. The van der Waals surface area contributed by atoms with Crippen LogP contribution in [-0.2, 0) is 11.2 Å². The second kappa shape index (κ2) is 5.41. The molecule has 90 valence electrons. The Morgan fingerprint density at radius 3 is 2.94 bits per heavy atom. The van der Waals surface area contributed by atoms with Crippen LogP contribution in [0.3, 0.4) is 0 Å². The lowest BCUT2D eigenvalue weighted by atomic mass is 10.1. The van der Waals surface area contributed by atoms with Crippen molar-refractivity contribution in [2.75, 3.05) is 13.7 Å². The molecule has 5 heteroatoms. The van der Waals surface area contributed by atoms with E-state index in [1.54, 1.807) is 7.11 Å². The van der Waals surface area contributed by atoms with E-state index in [1.165, 1.54) is 12.8 Å². The van der Waals surface area contributed by atoms with Crippen LogP contribution in [0.1, 0.15) is 43.3 Å². The molecule has 2 rings (SSSR count). The molecule has 0 amide bonds. The maximum absolute atomic E-state index is 9.52. The number of rotatable bonds is 5. The summed E-state index contributed by atoms with van der Waals surface area (Å²) in [6, 6.07) is 0. The minimum Gasteiger partial charge on any atom is -0.390 e. The van der Waals surface area contributed by atoms with Crippen LogP contribution in [-0.4, -0.2) is 35.1 Å². The Morgan fingerprint density at radius 2 is 2.25 bits per heavy atom. The maximum Gasteiger partial charge on any atom is 0.229 e. The Kier molecular flexibility index (Phi) is 3.90. The van der Waals surface area contributed by atoms with Crippen LogP contribution >= 0.6 is 0 Å². The summed E-state index contributed by atoms with van der Waals surface area (Å²) in [5.41, 5.74) is 0. The third kappa shape index (κ3) is 2.80. The summed E-state index contributed by atoms with van der Waals surface area (Å²) in [6.45, 7) is 0.293. The molecule has 0 bridgehead atoms. The van der Waals surface area contributed by atoms with E-state index in [2.05, 4.69) is 10.1 Å². The van der Waals surface area contributed by atoms with E-state index in [0.29, 0.717) is 24.8 Å². The van der Waals surface area contributed by atoms with Gasteiger partial charge in [0, 0.05) is 13.0 Å². The first-order valence-corrected chi connectivity index (χ1v) is 5.79. The molecule has 16 heavy (non-hydrogen) atoms. The number of hydrogen-bond donors (Lipinski definition) is 1. The first-order valence-electron chi connectivity index (χ1n) is 5.79. The first kappa shape index (κ1) is 11.5. The molecule has 0 saturated heterocycles. The zero-order chi connectivity index (χ0) is 11.4. The van der Waals surface area contributed by atoms with Crippen molar-refractivity contribution in [1.29, 1.82) is 0 Å². The predicted molar refractivity (Wildman–Crippen MR) is 57.1 cm³/mol. The van der Waals surface area contributed by atoms with Crippen LogP contribution < -0.4 is 0 Å². The fourth-order valence-electron chi connectivity index (χ4n) is 2.15. The van der Waals surface area contributed by atoms with Crippen molar-refractivity contribution >= 4 is 0 Å². The van der Waals surface area contributed by atoms with Crippen molar-refractivity contribution in [2.45, 2.75) is 44.1 Å². The van der Waals surface area contributed by atoms with E-state index in [0.717, 1.165) is 18.7 Å². The molecule has 1 aromatic heterocycles. The van der Waals surface area contributed by atoms with E-state index >= 15 is 0 Å². The lowest BCUT2D eigenvalue weighted by Crippen LogP contribution is -2.17. The van der Waals surface area contributed by atoms with Crippen molar-refractivity contribution in [3.63, 3.8) is 0 Å². The third-order valence-corrected chi connectivity index (χ3v) is 2.97. The molecule has 0 aromatic carbocycles. The molecule has 1 N–H and O–H groups in total. The largest absolute Gasteiger partial charge is 0.390 e. The molecule has 0 aliphatic heterocycles. The zero-order valence-corrected chi connectivity index (χ0v) is 9.56. The highest BCUT2D eigenvalue weighted by Crippen LogP contribution is 2.32. The first-order chi connectivity index (χ1) is 7.79. The van der Waals surface area contributed by atoms with Crippen LogP contribution in [0.2, 0.25) is 0 Å². The van der Waals surface area contributed by atoms with Crippen LogP contribution in [0.4, 0.5) is 0 Å². The highest BCUT2D eigenvalue weighted by molar-refractivity contribution is 4.98. The predicted octanol–water partition coefficient (Wildman–Crippen LogP) is 1.28. The molecule has 1 atom stereocenters. The van der Waals surface area contributed by atoms with Gasteiger partial charge in [0.15, 0.2) is 5.82 Å². The van der Waals surface area contributed by atoms with E-state index in [1.807, 2.05) is 0 Å². The second-order valence-electron chi connectivity index (χ2n) is 4.34. The van der Waals surface area contributed by atoms with E-state index < -0.39 is 6.10 Å². The van der Waals surface area contributed by atoms with Gasteiger partial charge in [0.25, 0.3) is 0 Å². The zero-order valence-electron chi connectivity index (χ0n) is 9.56. The standard InChI is InChI=1S/C11H18N2O3/c1-15-7-9(14)6-10-12-11(13-16-10)8-4-2-3-5-8/h8-9,14H,2-7H2,1H3. The highest BCUT2D eigenvalue weighted by atomic mass is 16.5. The number of ether oxygens (including phenoxy) is 1. The third-order valence-electron chi connectivity index (χ3n) is 2.97. The fourth-order valence-corrected chi connectivity index (χ4v) is 2.15. The smallest absolute Gasteiger partial charge is 0.229 e. The minimum absolute atomic E-state index is 0.293. The van der Waals surface area contributed by atoms with Crippen molar-refractivity contribution < 1.29 is 14.4 Å². The highest BCUT2D eigenvalue weighted by Gasteiger charge is 2.22. The van der Waals surface area contributed by atoms with Gasteiger partial charge >= 0.3 is 0 Å². The van der Waals surface area contributed by atoms with Gasteiger partial charge in [-0.25, -0.2) is 0 Å². The number of hydrogen-bond acceptors (Lipinski definition) is 5. The van der Waals surface area contributed by atoms with E-state index in [-0.39, 0.29) is 0 Å². The topological polar surface area (TPSA) is 68.4 Å². The number of nitrogens with zero attached hydrogens (tertiary/aromatic N) is 2. The normalized spacial score (nSPS) is 19.1. The van der Waals surface area contributed by atoms with Gasteiger partial charge in [-0.3, -0.25) is 0 Å². The molecule has 1 saturated carbocycles. The Hall–Kier alpha value is -0.940. The average Bonchev–Trinajstić information content (AvgIpc) is 2.86. The molecular formula is C11H18N2O3. The SMILES string of the molecule is COCC(O)Cc1nc(C2CCCC2)no1.